The van der Waals surface area contributed by atoms with E-state index >= 15 is 0 Å². The molecule has 2 heterocycles. The summed E-state index contributed by atoms with van der Waals surface area (Å²) in [6.07, 6.45) is 2.48. The maximum absolute atomic E-state index is 12.9. The Morgan fingerprint density at radius 3 is 2.15 bits per heavy atom. The third-order valence-electron chi connectivity index (χ3n) is 6.28. The van der Waals surface area contributed by atoms with Crippen molar-refractivity contribution in [3.8, 4) is 11.5 Å². The summed E-state index contributed by atoms with van der Waals surface area (Å²) in [6, 6.07) is 13.3. The van der Waals surface area contributed by atoms with Crippen molar-refractivity contribution in [3.05, 3.63) is 48.0 Å². The van der Waals surface area contributed by atoms with Crippen LogP contribution in [0.25, 0.3) is 0 Å². The minimum Gasteiger partial charge on any atom is -0.493 e. The number of nitrogens with one attached hydrogen (secondary N) is 1. The molecule has 2 aliphatic heterocycles. The summed E-state index contributed by atoms with van der Waals surface area (Å²) in [6.45, 7) is 4.97. The second kappa shape index (κ2) is 10.6. The van der Waals surface area contributed by atoms with Crippen molar-refractivity contribution < 1.29 is 19.1 Å². The summed E-state index contributed by atoms with van der Waals surface area (Å²) in [5.74, 6) is 1.05. The van der Waals surface area contributed by atoms with Crippen LogP contribution in [0.3, 0.4) is 0 Å². The fraction of sp³-hybridized carbons (Fsp3) is 0.440. The third kappa shape index (κ3) is 5.57. The van der Waals surface area contributed by atoms with Crippen LogP contribution < -0.4 is 19.7 Å². The fourth-order valence-corrected chi connectivity index (χ4v) is 4.40. The molecule has 2 aromatic rings. The van der Waals surface area contributed by atoms with Gasteiger partial charge in [0.05, 0.1) is 20.8 Å². The van der Waals surface area contributed by atoms with Gasteiger partial charge < -0.3 is 24.6 Å². The monoisotopic (exact) mass is 452 g/mol. The molecule has 8 nitrogen and oxygen atoms in total. The number of methoxy groups -OCH3 is 2. The molecule has 0 spiro atoms. The predicted octanol–water partition coefficient (Wildman–Crippen LogP) is 2.70. The van der Waals surface area contributed by atoms with Crippen molar-refractivity contribution in [1.29, 1.82) is 0 Å². The van der Waals surface area contributed by atoms with Gasteiger partial charge in [0.25, 0.3) is 5.91 Å². The van der Waals surface area contributed by atoms with Crippen LogP contribution in [0.4, 0.5) is 11.4 Å². The Morgan fingerprint density at radius 1 is 0.848 bits per heavy atom. The smallest absolute Gasteiger partial charge is 0.254 e. The zero-order valence-electron chi connectivity index (χ0n) is 19.4. The first-order chi connectivity index (χ1) is 16.1. The summed E-state index contributed by atoms with van der Waals surface area (Å²) in [5, 5.41) is 2.98. The number of hydrogen-bond acceptors (Lipinski definition) is 6. The van der Waals surface area contributed by atoms with E-state index < -0.39 is 0 Å². The Bertz CT molecular complexity index is 965. The Labute approximate surface area is 195 Å². The average Bonchev–Trinajstić information content (AvgIpc) is 3.39. The Kier molecular flexibility index (Phi) is 7.34. The van der Waals surface area contributed by atoms with Gasteiger partial charge in [-0.25, -0.2) is 0 Å². The summed E-state index contributed by atoms with van der Waals surface area (Å²) in [7, 11) is 3.12. The van der Waals surface area contributed by atoms with Crippen molar-refractivity contribution in [2.45, 2.75) is 12.8 Å². The number of rotatable bonds is 7. The Morgan fingerprint density at radius 2 is 1.52 bits per heavy atom. The fourth-order valence-electron chi connectivity index (χ4n) is 4.40. The molecule has 0 unspecified atom stereocenters. The van der Waals surface area contributed by atoms with Crippen molar-refractivity contribution in [3.63, 3.8) is 0 Å². The van der Waals surface area contributed by atoms with Crippen molar-refractivity contribution in [2.75, 3.05) is 70.2 Å². The van der Waals surface area contributed by atoms with Crippen LogP contribution in [0.15, 0.2) is 42.5 Å². The number of amides is 2. The van der Waals surface area contributed by atoms with E-state index in [9.17, 15) is 9.59 Å². The molecule has 0 radical (unpaired) electrons. The molecule has 4 rings (SSSR count). The second-order valence-electron chi connectivity index (χ2n) is 8.43. The number of piperazine rings is 1. The van der Waals surface area contributed by atoms with Gasteiger partial charge >= 0.3 is 0 Å². The molecule has 2 aromatic carbocycles. The number of nitrogens with zero attached hydrogens (tertiary/aromatic N) is 3. The second-order valence-corrected chi connectivity index (χ2v) is 8.43. The SMILES string of the molecule is COc1ccc(C(=O)N2CCN(CC(=O)Nc3ccc(N4CCCC4)cc3)CC2)cc1OC. The normalized spacial score (nSPS) is 16.5. The molecule has 2 saturated heterocycles. The standard InChI is InChI=1S/C25H32N4O4/c1-32-22-10-5-19(17-23(22)33-2)25(31)29-15-13-27(14-16-29)18-24(30)26-20-6-8-21(9-7-20)28-11-3-4-12-28/h5-10,17H,3-4,11-16,18H2,1-2H3,(H,26,30). The van der Waals surface area contributed by atoms with Gasteiger partial charge in [0, 0.05) is 56.2 Å². The molecular formula is C25H32N4O4. The first kappa shape index (κ1) is 22.9. The van der Waals surface area contributed by atoms with E-state index in [0.717, 1.165) is 18.8 Å². The van der Waals surface area contributed by atoms with Crippen LogP contribution in [0.5, 0.6) is 11.5 Å². The average molecular weight is 453 g/mol. The minimum absolute atomic E-state index is 0.0383. The Hall–Kier alpha value is -3.26. The summed E-state index contributed by atoms with van der Waals surface area (Å²) < 4.78 is 10.5. The van der Waals surface area contributed by atoms with Gasteiger partial charge in [-0.1, -0.05) is 0 Å². The van der Waals surface area contributed by atoms with Gasteiger partial charge in [-0.2, -0.15) is 0 Å². The van der Waals surface area contributed by atoms with E-state index in [2.05, 4.69) is 27.2 Å². The van der Waals surface area contributed by atoms with Crippen LogP contribution in [-0.4, -0.2) is 81.6 Å². The molecule has 0 bridgehead atoms. The molecular weight excluding hydrogens is 420 g/mol. The summed E-state index contributed by atoms with van der Waals surface area (Å²) >= 11 is 0. The molecule has 8 heteroatoms. The molecule has 1 N–H and O–H groups in total. The molecule has 2 amide bonds. The van der Waals surface area contributed by atoms with Crippen LogP contribution in [0, 0.1) is 0 Å². The number of carbonyl (C=O) groups excluding carboxylic acids is 2. The maximum atomic E-state index is 12.9. The third-order valence-corrected chi connectivity index (χ3v) is 6.28. The first-order valence-corrected chi connectivity index (χ1v) is 11.5. The summed E-state index contributed by atoms with van der Waals surface area (Å²) in [5.41, 5.74) is 2.59. The molecule has 0 atom stereocenters. The van der Waals surface area contributed by atoms with E-state index in [-0.39, 0.29) is 11.8 Å². The molecule has 2 aliphatic rings. The number of benzene rings is 2. The van der Waals surface area contributed by atoms with Crippen LogP contribution >= 0.6 is 0 Å². The predicted molar refractivity (Wildman–Crippen MR) is 128 cm³/mol. The lowest BCUT2D eigenvalue weighted by Gasteiger charge is -2.34. The van der Waals surface area contributed by atoms with E-state index in [4.69, 9.17) is 9.47 Å². The Balaban J connectivity index is 1.25. The number of anilines is 2. The molecule has 176 valence electrons. The highest BCUT2D eigenvalue weighted by atomic mass is 16.5. The highest BCUT2D eigenvalue weighted by Gasteiger charge is 2.24. The highest BCUT2D eigenvalue weighted by molar-refractivity contribution is 5.95. The minimum atomic E-state index is -0.0434. The van der Waals surface area contributed by atoms with Gasteiger partial charge in [-0.3, -0.25) is 14.5 Å². The molecule has 33 heavy (non-hydrogen) atoms. The van der Waals surface area contributed by atoms with Crippen molar-refractivity contribution in [2.24, 2.45) is 0 Å². The molecule has 0 saturated carbocycles. The molecule has 0 aliphatic carbocycles. The van der Waals surface area contributed by atoms with Crippen LogP contribution in [-0.2, 0) is 4.79 Å². The van der Waals surface area contributed by atoms with E-state index in [1.54, 1.807) is 32.4 Å². The zero-order valence-corrected chi connectivity index (χ0v) is 19.4. The number of hydrogen-bond donors (Lipinski definition) is 1. The zero-order chi connectivity index (χ0) is 23.2. The molecule has 2 fully saturated rings. The van der Waals surface area contributed by atoms with Crippen LogP contribution in [0.2, 0.25) is 0 Å². The lowest BCUT2D eigenvalue weighted by atomic mass is 10.1. The van der Waals surface area contributed by atoms with E-state index in [1.165, 1.54) is 18.5 Å². The summed E-state index contributed by atoms with van der Waals surface area (Å²) in [4.78, 5) is 31.7. The van der Waals surface area contributed by atoms with Crippen molar-refractivity contribution in [1.82, 2.24) is 9.80 Å². The van der Waals surface area contributed by atoms with E-state index in [0.29, 0.717) is 49.8 Å². The molecule has 0 aromatic heterocycles. The number of ether oxygens (including phenoxy) is 2. The van der Waals surface area contributed by atoms with E-state index in [1.807, 2.05) is 17.0 Å². The highest BCUT2D eigenvalue weighted by Crippen LogP contribution is 2.28. The quantitative estimate of drug-likeness (QED) is 0.696. The number of carbonyl (C=O) groups is 2. The van der Waals surface area contributed by atoms with Gasteiger partial charge in [0.2, 0.25) is 5.91 Å². The largest absolute Gasteiger partial charge is 0.493 e. The lowest BCUT2D eigenvalue weighted by Crippen LogP contribution is -2.50. The van der Waals surface area contributed by atoms with Gasteiger partial charge in [0.15, 0.2) is 11.5 Å². The van der Waals surface area contributed by atoms with Crippen molar-refractivity contribution >= 4 is 23.2 Å². The van der Waals surface area contributed by atoms with Gasteiger partial charge in [-0.15, -0.1) is 0 Å². The van der Waals surface area contributed by atoms with Gasteiger partial charge in [0.1, 0.15) is 0 Å². The topological polar surface area (TPSA) is 74.4 Å². The van der Waals surface area contributed by atoms with Gasteiger partial charge in [-0.05, 0) is 55.3 Å². The van der Waals surface area contributed by atoms with Crippen LogP contribution in [0.1, 0.15) is 23.2 Å². The lowest BCUT2D eigenvalue weighted by molar-refractivity contribution is -0.117. The first-order valence-electron chi connectivity index (χ1n) is 11.5. The maximum Gasteiger partial charge on any atom is 0.254 e.